The molecule has 2 rings (SSSR count). The largest absolute Gasteiger partial charge is 0.368 e. The molecule has 1 aliphatic carbocycles. The SMILES string of the molecule is Nc1nc2c(c(=O)n1N)CCC2Br. The molecule has 1 aromatic heterocycles. The van der Waals surface area contributed by atoms with Gasteiger partial charge in [0.05, 0.1) is 10.5 Å². The lowest BCUT2D eigenvalue weighted by Gasteiger charge is -2.06. The van der Waals surface area contributed by atoms with Crippen molar-refractivity contribution in [2.45, 2.75) is 17.7 Å². The van der Waals surface area contributed by atoms with Gasteiger partial charge >= 0.3 is 0 Å². The van der Waals surface area contributed by atoms with Gasteiger partial charge in [-0.2, -0.15) is 4.68 Å². The number of halogens is 1. The predicted octanol–water partition coefficient (Wildman–Crippen LogP) is -0.0785. The molecule has 0 fully saturated rings. The molecule has 0 aliphatic heterocycles. The van der Waals surface area contributed by atoms with Crippen molar-refractivity contribution >= 4 is 21.9 Å². The van der Waals surface area contributed by atoms with Crippen LogP contribution in [-0.2, 0) is 6.42 Å². The number of alkyl halides is 1. The van der Waals surface area contributed by atoms with E-state index in [0.29, 0.717) is 12.0 Å². The molecule has 1 unspecified atom stereocenters. The summed E-state index contributed by atoms with van der Waals surface area (Å²) in [5, 5.41) is 0. The fraction of sp³-hybridized carbons (Fsp3) is 0.429. The second kappa shape index (κ2) is 2.73. The Morgan fingerprint density at radius 3 is 3.00 bits per heavy atom. The summed E-state index contributed by atoms with van der Waals surface area (Å²) < 4.78 is 0.893. The number of nitrogens with two attached hydrogens (primary N) is 2. The van der Waals surface area contributed by atoms with E-state index < -0.39 is 0 Å². The Morgan fingerprint density at radius 2 is 2.31 bits per heavy atom. The molecule has 0 saturated carbocycles. The fourth-order valence-corrected chi connectivity index (χ4v) is 2.11. The Hall–Kier alpha value is -1.04. The van der Waals surface area contributed by atoms with Crippen LogP contribution in [0.2, 0.25) is 0 Å². The summed E-state index contributed by atoms with van der Waals surface area (Å²) in [6.45, 7) is 0. The standard InChI is InChI=1S/C7H9BrN4O/c8-4-2-1-3-5(4)11-7(9)12(10)6(3)13/h4H,1-2,10H2,(H2,9,11). The van der Waals surface area contributed by atoms with Crippen molar-refractivity contribution < 1.29 is 0 Å². The minimum absolute atomic E-state index is 0.0649. The molecule has 6 heteroatoms. The van der Waals surface area contributed by atoms with Gasteiger partial charge in [0.15, 0.2) is 0 Å². The zero-order chi connectivity index (χ0) is 9.59. The lowest BCUT2D eigenvalue weighted by molar-refractivity contribution is 0.875. The molecule has 0 bridgehead atoms. The van der Waals surface area contributed by atoms with Crippen LogP contribution in [-0.4, -0.2) is 9.66 Å². The summed E-state index contributed by atoms with van der Waals surface area (Å²) >= 11 is 3.42. The maximum Gasteiger partial charge on any atom is 0.276 e. The van der Waals surface area contributed by atoms with E-state index in [2.05, 4.69) is 20.9 Å². The molecule has 0 aromatic carbocycles. The number of rotatable bonds is 0. The second-order valence-electron chi connectivity index (χ2n) is 3.02. The number of hydrogen-bond donors (Lipinski definition) is 2. The Morgan fingerprint density at radius 1 is 1.62 bits per heavy atom. The van der Waals surface area contributed by atoms with Crippen LogP contribution in [0.5, 0.6) is 0 Å². The van der Waals surface area contributed by atoms with E-state index in [1.54, 1.807) is 0 Å². The van der Waals surface area contributed by atoms with Crippen LogP contribution in [0.4, 0.5) is 5.95 Å². The molecule has 0 spiro atoms. The topological polar surface area (TPSA) is 86.9 Å². The summed E-state index contributed by atoms with van der Waals surface area (Å²) in [7, 11) is 0. The van der Waals surface area contributed by atoms with E-state index >= 15 is 0 Å². The molecule has 5 nitrogen and oxygen atoms in total. The van der Waals surface area contributed by atoms with E-state index in [4.69, 9.17) is 11.6 Å². The quantitative estimate of drug-likeness (QED) is 0.494. The summed E-state index contributed by atoms with van der Waals surface area (Å²) in [5.41, 5.74) is 6.65. The van der Waals surface area contributed by atoms with E-state index in [1.807, 2.05) is 0 Å². The molecule has 1 atom stereocenters. The first-order valence-corrected chi connectivity index (χ1v) is 4.83. The van der Waals surface area contributed by atoms with E-state index in [1.165, 1.54) is 0 Å². The molecular formula is C7H9BrN4O. The van der Waals surface area contributed by atoms with Crippen molar-refractivity contribution in [2.24, 2.45) is 0 Å². The molecule has 0 amide bonds. The molecule has 1 heterocycles. The van der Waals surface area contributed by atoms with Gasteiger partial charge in [-0.15, -0.1) is 0 Å². The third-order valence-electron chi connectivity index (χ3n) is 2.21. The molecule has 1 aliphatic rings. The molecule has 70 valence electrons. The number of aromatic nitrogens is 2. The molecule has 4 N–H and O–H groups in total. The highest BCUT2D eigenvalue weighted by Crippen LogP contribution is 2.34. The summed E-state index contributed by atoms with van der Waals surface area (Å²) in [4.78, 5) is 15.7. The number of hydrogen-bond acceptors (Lipinski definition) is 4. The predicted molar refractivity (Wildman–Crippen MR) is 53.0 cm³/mol. The maximum atomic E-state index is 11.5. The van der Waals surface area contributed by atoms with Gasteiger partial charge < -0.3 is 11.6 Å². The Bertz CT molecular complexity index is 414. The van der Waals surface area contributed by atoms with E-state index in [0.717, 1.165) is 16.8 Å². The number of nitrogens with zero attached hydrogens (tertiary/aromatic N) is 2. The first-order valence-electron chi connectivity index (χ1n) is 3.91. The van der Waals surface area contributed by atoms with Crippen molar-refractivity contribution in [3.63, 3.8) is 0 Å². The summed E-state index contributed by atoms with van der Waals surface area (Å²) in [6, 6.07) is 0. The van der Waals surface area contributed by atoms with Gasteiger partial charge in [0.2, 0.25) is 5.95 Å². The first-order chi connectivity index (χ1) is 6.11. The average molecular weight is 245 g/mol. The van der Waals surface area contributed by atoms with E-state index in [-0.39, 0.29) is 16.3 Å². The number of nitrogen functional groups attached to an aromatic ring is 2. The van der Waals surface area contributed by atoms with Crippen molar-refractivity contribution in [1.82, 2.24) is 9.66 Å². The molecular weight excluding hydrogens is 236 g/mol. The van der Waals surface area contributed by atoms with Gasteiger partial charge in [0.1, 0.15) is 0 Å². The van der Waals surface area contributed by atoms with Crippen LogP contribution in [0.15, 0.2) is 4.79 Å². The Kier molecular flexibility index (Phi) is 1.80. The molecule has 0 saturated heterocycles. The molecule has 1 aromatic rings. The van der Waals surface area contributed by atoms with Crippen LogP contribution in [0.1, 0.15) is 22.5 Å². The van der Waals surface area contributed by atoms with Gasteiger partial charge in [-0.1, -0.05) is 15.9 Å². The lowest BCUT2D eigenvalue weighted by Crippen LogP contribution is -2.33. The Balaban J connectivity index is 2.74. The second-order valence-corrected chi connectivity index (χ2v) is 4.12. The normalized spacial score (nSPS) is 20.2. The smallest absolute Gasteiger partial charge is 0.276 e. The van der Waals surface area contributed by atoms with Crippen LogP contribution in [0, 0.1) is 0 Å². The van der Waals surface area contributed by atoms with Crippen molar-refractivity contribution in [3.05, 3.63) is 21.6 Å². The zero-order valence-corrected chi connectivity index (χ0v) is 8.41. The maximum absolute atomic E-state index is 11.5. The van der Waals surface area contributed by atoms with Crippen molar-refractivity contribution in [3.8, 4) is 0 Å². The van der Waals surface area contributed by atoms with Crippen molar-refractivity contribution in [1.29, 1.82) is 0 Å². The first kappa shape index (κ1) is 8.55. The van der Waals surface area contributed by atoms with E-state index in [9.17, 15) is 4.79 Å². The van der Waals surface area contributed by atoms with Crippen LogP contribution >= 0.6 is 15.9 Å². The minimum atomic E-state index is -0.232. The average Bonchev–Trinajstić information content (AvgIpc) is 2.45. The summed E-state index contributed by atoms with van der Waals surface area (Å²) in [6.07, 6.45) is 1.59. The highest BCUT2D eigenvalue weighted by molar-refractivity contribution is 9.09. The van der Waals surface area contributed by atoms with Gasteiger partial charge in [-0.25, -0.2) is 4.98 Å². The van der Waals surface area contributed by atoms with Gasteiger partial charge in [-0.05, 0) is 12.8 Å². The highest BCUT2D eigenvalue weighted by atomic mass is 79.9. The van der Waals surface area contributed by atoms with Gasteiger partial charge in [-0.3, -0.25) is 4.79 Å². The van der Waals surface area contributed by atoms with Gasteiger partial charge in [0, 0.05) is 5.56 Å². The molecule has 13 heavy (non-hydrogen) atoms. The number of anilines is 1. The zero-order valence-electron chi connectivity index (χ0n) is 6.83. The lowest BCUT2D eigenvalue weighted by atomic mass is 10.3. The third kappa shape index (κ3) is 1.13. The minimum Gasteiger partial charge on any atom is -0.368 e. The summed E-state index contributed by atoms with van der Waals surface area (Å²) in [5.74, 6) is 5.47. The van der Waals surface area contributed by atoms with Crippen LogP contribution < -0.4 is 17.1 Å². The molecule has 0 radical (unpaired) electrons. The number of fused-ring (bicyclic) bond motifs is 1. The highest BCUT2D eigenvalue weighted by Gasteiger charge is 2.26. The third-order valence-corrected chi connectivity index (χ3v) is 3.10. The fourth-order valence-electron chi connectivity index (χ4n) is 1.51. The Labute approximate surface area is 82.8 Å². The monoisotopic (exact) mass is 244 g/mol. The van der Waals surface area contributed by atoms with Crippen LogP contribution in [0.25, 0.3) is 0 Å². The van der Waals surface area contributed by atoms with Gasteiger partial charge in [0.25, 0.3) is 5.56 Å². The van der Waals surface area contributed by atoms with Crippen molar-refractivity contribution in [2.75, 3.05) is 11.6 Å². The van der Waals surface area contributed by atoms with Crippen LogP contribution in [0.3, 0.4) is 0 Å².